The van der Waals surface area contributed by atoms with Crippen molar-refractivity contribution in [3.05, 3.63) is 16.3 Å². The van der Waals surface area contributed by atoms with Crippen molar-refractivity contribution in [2.75, 3.05) is 46.4 Å². The molecule has 2 saturated heterocycles. The Hall–Kier alpha value is -1.11. The average molecular weight is 281 g/mol. The number of nitrogens with zero attached hydrogens (tertiary/aromatic N) is 2. The number of carbonyl (C=O) groups excluding carboxylic acids is 1. The molecule has 2 aliphatic rings. The van der Waals surface area contributed by atoms with Gasteiger partial charge in [0.2, 0.25) is 0 Å². The number of rotatable bonds is 3. The van der Waals surface area contributed by atoms with E-state index in [0.717, 1.165) is 44.1 Å². The van der Waals surface area contributed by atoms with Gasteiger partial charge in [-0.05, 0) is 11.4 Å². The zero-order chi connectivity index (χ0) is 13.2. The zero-order valence-electron chi connectivity index (χ0n) is 11.1. The Kier molecular flexibility index (Phi) is 3.72. The Morgan fingerprint density at radius 2 is 2.16 bits per heavy atom. The molecule has 0 aromatic carbocycles. The first-order valence-corrected chi connectivity index (χ1v) is 7.53. The normalized spacial score (nSPS) is 21.2. The molecule has 1 aromatic heterocycles. The summed E-state index contributed by atoms with van der Waals surface area (Å²) in [6.45, 7) is 6.00. The van der Waals surface area contributed by atoms with E-state index in [9.17, 15) is 4.79 Å². The summed E-state index contributed by atoms with van der Waals surface area (Å²) >= 11 is 1.46. The molecule has 1 aromatic rings. The number of piperazine rings is 1. The van der Waals surface area contributed by atoms with E-state index in [-0.39, 0.29) is 5.91 Å². The largest absolute Gasteiger partial charge is 0.495 e. The van der Waals surface area contributed by atoms with E-state index in [2.05, 4.69) is 10.2 Å². The second-order valence-corrected chi connectivity index (χ2v) is 5.88. The molecule has 0 spiro atoms. The monoisotopic (exact) mass is 281 g/mol. The van der Waals surface area contributed by atoms with Gasteiger partial charge in [0.25, 0.3) is 5.91 Å². The quantitative estimate of drug-likeness (QED) is 0.875. The molecule has 0 aliphatic carbocycles. The van der Waals surface area contributed by atoms with Crippen LogP contribution in [0, 0.1) is 0 Å². The van der Waals surface area contributed by atoms with Crippen LogP contribution in [0.3, 0.4) is 0 Å². The van der Waals surface area contributed by atoms with Crippen LogP contribution < -0.4 is 10.1 Å². The number of ether oxygens (including phenoxy) is 1. The lowest BCUT2D eigenvalue weighted by atomic mass is 10.1. The molecule has 2 aliphatic heterocycles. The van der Waals surface area contributed by atoms with Crippen molar-refractivity contribution in [1.82, 2.24) is 15.1 Å². The van der Waals surface area contributed by atoms with Crippen LogP contribution in [0.5, 0.6) is 5.75 Å². The molecular formula is C13H19N3O2S. The van der Waals surface area contributed by atoms with Crippen molar-refractivity contribution in [3.63, 3.8) is 0 Å². The summed E-state index contributed by atoms with van der Waals surface area (Å²) in [5, 5.41) is 5.25. The van der Waals surface area contributed by atoms with Crippen molar-refractivity contribution >= 4 is 17.2 Å². The Morgan fingerprint density at radius 1 is 1.42 bits per heavy atom. The van der Waals surface area contributed by atoms with Gasteiger partial charge in [-0.3, -0.25) is 9.69 Å². The molecule has 104 valence electrons. The van der Waals surface area contributed by atoms with Crippen LogP contribution >= 0.6 is 11.3 Å². The van der Waals surface area contributed by atoms with Crippen LogP contribution in [0.1, 0.15) is 9.67 Å². The summed E-state index contributed by atoms with van der Waals surface area (Å²) in [4.78, 5) is 17.4. The molecule has 5 nitrogen and oxygen atoms in total. The van der Waals surface area contributed by atoms with E-state index in [4.69, 9.17) is 4.74 Å². The predicted octanol–water partition coefficient (Wildman–Crippen LogP) is 0.486. The third-order valence-electron chi connectivity index (χ3n) is 3.86. The lowest BCUT2D eigenvalue weighted by Gasteiger charge is -2.46. The molecule has 0 unspecified atom stereocenters. The van der Waals surface area contributed by atoms with Gasteiger partial charge < -0.3 is 15.0 Å². The van der Waals surface area contributed by atoms with E-state index >= 15 is 0 Å². The summed E-state index contributed by atoms with van der Waals surface area (Å²) < 4.78 is 5.21. The number of thiophene rings is 1. The van der Waals surface area contributed by atoms with Crippen LogP contribution in [0.15, 0.2) is 11.4 Å². The van der Waals surface area contributed by atoms with Crippen molar-refractivity contribution in [3.8, 4) is 5.75 Å². The minimum Gasteiger partial charge on any atom is -0.495 e. The number of hydrogen-bond donors (Lipinski definition) is 1. The second kappa shape index (κ2) is 5.48. The molecule has 3 rings (SSSR count). The minimum absolute atomic E-state index is 0.109. The maximum absolute atomic E-state index is 12.3. The number of nitrogens with one attached hydrogen (secondary N) is 1. The first-order chi connectivity index (χ1) is 9.29. The number of amides is 1. The summed E-state index contributed by atoms with van der Waals surface area (Å²) in [5.74, 6) is 0.804. The Labute approximate surface area is 117 Å². The average Bonchev–Trinajstić information content (AvgIpc) is 2.86. The molecule has 19 heavy (non-hydrogen) atoms. The van der Waals surface area contributed by atoms with Crippen molar-refractivity contribution < 1.29 is 9.53 Å². The van der Waals surface area contributed by atoms with Gasteiger partial charge in [0.15, 0.2) is 0 Å². The number of carbonyl (C=O) groups is 1. The molecule has 2 fully saturated rings. The summed E-state index contributed by atoms with van der Waals surface area (Å²) in [6.07, 6.45) is 0. The lowest BCUT2D eigenvalue weighted by Crippen LogP contribution is -2.63. The summed E-state index contributed by atoms with van der Waals surface area (Å²) in [5.41, 5.74) is 0. The van der Waals surface area contributed by atoms with E-state index in [1.54, 1.807) is 7.11 Å². The minimum atomic E-state index is 0.109. The molecule has 1 amide bonds. The topological polar surface area (TPSA) is 44.8 Å². The van der Waals surface area contributed by atoms with Gasteiger partial charge in [0.05, 0.1) is 7.11 Å². The van der Waals surface area contributed by atoms with Crippen LogP contribution in [-0.4, -0.2) is 68.1 Å². The van der Waals surface area contributed by atoms with Crippen molar-refractivity contribution in [2.24, 2.45) is 0 Å². The fraction of sp³-hybridized carbons (Fsp3) is 0.615. The van der Waals surface area contributed by atoms with Gasteiger partial charge in [-0.25, -0.2) is 0 Å². The van der Waals surface area contributed by atoms with Gasteiger partial charge in [-0.2, -0.15) is 0 Å². The molecule has 1 N–H and O–H groups in total. The zero-order valence-corrected chi connectivity index (χ0v) is 11.9. The summed E-state index contributed by atoms with van der Waals surface area (Å²) in [7, 11) is 1.61. The molecule has 0 saturated carbocycles. The molecule has 0 radical (unpaired) electrons. The maximum Gasteiger partial charge on any atom is 0.267 e. The third kappa shape index (κ3) is 2.48. The Balaban J connectivity index is 1.56. The first kappa shape index (κ1) is 12.9. The SMILES string of the molecule is COc1ccsc1C(=O)N1CC(N2CCNCC2)C1. The maximum atomic E-state index is 12.3. The van der Waals surface area contributed by atoms with E-state index in [1.807, 2.05) is 16.3 Å². The van der Waals surface area contributed by atoms with Crippen LogP contribution in [0.25, 0.3) is 0 Å². The molecular weight excluding hydrogens is 262 g/mol. The predicted molar refractivity (Wildman–Crippen MR) is 75.0 cm³/mol. The molecule has 0 atom stereocenters. The highest BCUT2D eigenvalue weighted by molar-refractivity contribution is 7.12. The van der Waals surface area contributed by atoms with E-state index in [1.165, 1.54) is 11.3 Å². The van der Waals surface area contributed by atoms with Gasteiger partial charge >= 0.3 is 0 Å². The second-order valence-electron chi connectivity index (χ2n) is 4.97. The first-order valence-electron chi connectivity index (χ1n) is 6.65. The van der Waals surface area contributed by atoms with Crippen molar-refractivity contribution in [2.45, 2.75) is 6.04 Å². The van der Waals surface area contributed by atoms with Gasteiger partial charge in [-0.15, -0.1) is 11.3 Å². The van der Waals surface area contributed by atoms with Gasteiger partial charge in [0, 0.05) is 45.3 Å². The number of methoxy groups -OCH3 is 1. The Morgan fingerprint density at radius 3 is 2.84 bits per heavy atom. The molecule has 0 bridgehead atoms. The van der Waals surface area contributed by atoms with E-state index < -0.39 is 0 Å². The third-order valence-corrected chi connectivity index (χ3v) is 4.74. The highest BCUT2D eigenvalue weighted by Gasteiger charge is 2.36. The fourth-order valence-corrected chi connectivity index (χ4v) is 3.48. The van der Waals surface area contributed by atoms with Gasteiger partial charge in [0.1, 0.15) is 10.6 Å². The van der Waals surface area contributed by atoms with Crippen LogP contribution in [0.4, 0.5) is 0 Å². The standard InChI is InChI=1S/C13H19N3O2S/c1-18-11-2-7-19-12(11)13(17)16-8-10(9-16)15-5-3-14-4-6-15/h2,7,10,14H,3-6,8-9H2,1H3. The van der Waals surface area contributed by atoms with Gasteiger partial charge in [-0.1, -0.05) is 0 Å². The van der Waals surface area contributed by atoms with Crippen LogP contribution in [-0.2, 0) is 0 Å². The Bertz CT molecular complexity index is 450. The smallest absolute Gasteiger partial charge is 0.267 e. The fourth-order valence-electron chi connectivity index (χ4n) is 2.66. The lowest BCUT2D eigenvalue weighted by molar-refractivity contribution is 0.0229. The highest BCUT2D eigenvalue weighted by Crippen LogP contribution is 2.28. The summed E-state index contributed by atoms with van der Waals surface area (Å²) in [6, 6.07) is 2.39. The molecule has 3 heterocycles. The van der Waals surface area contributed by atoms with Crippen molar-refractivity contribution in [1.29, 1.82) is 0 Å². The number of hydrogen-bond acceptors (Lipinski definition) is 5. The van der Waals surface area contributed by atoms with Crippen LogP contribution in [0.2, 0.25) is 0 Å². The highest BCUT2D eigenvalue weighted by atomic mass is 32.1. The van der Waals surface area contributed by atoms with E-state index in [0.29, 0.717) is 11.8 Å². The number of likely N-dealkylation sites (tertiary alicyclic amines) is 1. The molecule has 6 heteroatoms.